The summed E-state index contributed by atoms with van der Waals surface area (Å²) < 4.78 is 0. The zero-order chi connectivity index (χ0) is 31.6. The van der Waals surface area contributed by atoms with E-state index in [1.54, 1.807) is 36.1 Å². The van der Waals surface area contributed by atoms with Crippen LogP contribution in [0.3, 0.4) is 0 Å². The Labute approximate surface area is 261 Å². The van der Waals surface area contributed by atoms with Gasteiger partial charge in [0.05, 0.1) is 21.8 Å². The third-order valence-corrected chi connectivity index (χ3v) is 9.45. The van der Waals surface area contributed by atoms with Crippen LogP contribution >= 0.6 is 11.3 Å². The topological polar surface area (TPSA) is 125 Å². The van der Waals surface area contributed by atoms with Gasteiger partial charge in [0.1, 0.15) is 6.04 Å². The number of hydrogen-bond acceptors (Lipinski definition) is 7. The van der Waals surface area contributed by atoms with E-state index in [0.29, 0.717) is 43.2 Å². The van der Waals surface area contributed by atoms with Gasteiger partial charge in [-0.05, 0) is 40.5 Å². The number of nitrogens with one attached hydrogen (secondary N) is 2. The number of nitro groups is 1. The largest absolute Gasteiger partial charge is 0.338 e. The first kappa shape index (κ1) is 31.3. The van der Waals surface area contributed by atoms with E-state index in [4.69, 9.17) is 0 Å². The Balaban J connectivity index is 1.77. The second kappa shape index (κ2) is 12.9. The molecule has 2 saturated heterocycles. The highest BCUT2D eigenvalue weighted by molar-refractivity contribution is 7.12. The van der Waals surface area contributed by atoms with Crippen molar-refractivity contribution >= 4 is 34.7 Å². The number of ketones is 1. The van der Waals surface area contributed by atoms with Crippen LogP contribution in [0.15, 0.2) is 66.0 Å². The van der Waals surface area contributed by atoms with Crippen LogP contribution in [-0.4, -0.2) is 71.2 Å². The van der Waals surface area contributed by atoms with Crippen LogP contribution in [0, 0.1) is 16.0 Å². The minimum absolute atomic E-state index is 0.116. The second-order valence-electron chi connectivity index (χ2n) is 12.3. The summed E-state index contributed by atoms with van der Waals surface area (Å²) in [5.41, 5.74) is 2.04. The molecule has 0 spiro atoms. The fourth-order valence-electron chi connectivity index (χ4n) is 6.43. The smallest absolute Gasteiger partial charge is 0.318 e. The van der Waals surface area contributed by atoms with Crippen LogP contribution < -0.4 is 10.6 Å². The average Bonchev–Trinajstić information content (AvgIpc) is 3.68. The number of rotatable bonds is 7. The molecule has 0 aliphatic carbocycles. The summed E-state index contributed by atoms with van der Waals surface area (Å²) in [4.78, 5) is 58.3. The third kappa shape index (κ3) is 6.11. The minimum atomic E-state index is -1.02. The lowest BCUT2D eigenvalue weighted by molar-refractivity contribution is -0.385. The molecule has 2 aliphatic rings. The SMILES string of the molecule is CCNC(=O)N1C(C(=O)N2CCNCC2)C(c2ccc(C(C)(C)C)cc2)C(C(=O)c2cccs2)C1c1cccc([N+](=O)[O-])c1. The van der Waals surface area contributed by atoms with Gasteiger partial charge in [-0.2, -0.15) is 0 Å². The number of piperazine rings is 1. The lowest BCUT2D eigenvalue weighted by atomic mass is 9.76. The molecule has 4 atom stereocenters. The molecule has 3 aromatic rings. The summed E-state index contributed by atoms with van der Waals surface area (Å²) in [7, 11) is 0. The summed E-state index contributed by atoms with van der Waals surface area (Å²) in [5.74, 6) is -2.02. The monoisotopic (exact) mass is 617 g/mol. The summed E-state index contributed by atoms with van der Waals surface area (Å²) in [6, 6.07) is 15.1. The molecular formula is C33H39N5O5S. The number of likely N-dealkylation sites (tertiary alicyclic amines) is 1. The van der Waals surface area contributed by atoms with Gasteiger partial charge in [-0.15, -0.1) is 11.3 Å². The Bertz CT molecular complexity index is 1510. The highest BCUT2D eigenvalue weighted by Crippen LogP contribution is 2.52. The van der Waals surface area contributed by atoms with Crippen molar-refractivity contribution in [3.63, 3.8) is 0 Å². The molecule has 2 N–H and O–H groups in total. The van der Waals surface area contributed by atoms with Gasteiger partial charge in [0.15, 0.2) is 5.78 Å². The molecule has 0 bridgehead atoms. The standard InChI is InChI=1S/C33H39N5O5S/c1-5-35-32(41)37-28(22-8-6-9-24(20-22)38(42)43)27(30(39)25-10-7-19-44-25)26(21-11-13-23(14-12-21)33(2,3)4)29(37)31(40)36-17-15-34-16-18-36/h6-14,19-20,26-29,34H,5,15-18H2,1-4H3,(H,35,41). The van der Waals surface area contributed by atoms with Crippen molar-refractivity contribution in [2.45, 2.75) is 51.1 Å². The molecule has 11 heteroatoms. The number of amides is 3. The van der Waals surface area contributed by atoms with E-state index < -0.39 is 34.9 Å². The van der Waals surface area contributed by atoms with Gasteiger partial charge in [-0.1, -0.05) is 63.2 Å². The quantitative estimate of drug-likeness (QED) is 0.215. The highest BCUT2D eigenvalue weighted by atomic mass is 32.1. The number of urea groups is 1. The van der Waals surface area contributed by atoms with Crippen LogP contribution in [0.2, 0.25) is 0 Å². The first-order chi connectivity index (χ1) is 21.0. The van der Waals surface area contributed by atoms with Crippen LogP contribution in [0.5, 0.6) is 0 Å². The fraction of sp³-hybridized carbons (Fsp3) is 0.424. The zero-order valence-corrected chi connectivity index (χ0v) is 26.3. The zero-order valence-electron chi connectivity index (χ0n) is 25.5. The van der Waals surface area contributed by atoms with Crippen LogP contribution in [0.4, 0.5) is 10.5 Å². The maximum absolute atomic E-state index is 14.6. The lowest BCUT2D eigenvalue weighted by Crippen LogP contribution is -2.56. The van der Waals surface area contributed by atoms with Gasteiger partial charge in [0.2, 0.25) is 5.91 Å². The van der Waals surface area contributed by atoms with Crippen molar-refractivity contribution in [2.75, 3.05) is 32.7 Å². The lowest BCUT2D eigenvalue weighted by Gasteiger charge is -2.36. The number of nitro benzene ring substituents is 1. The Morgan fingerprint density at radius 2 is 1.73 bits per heavy atom. The van der Waals surface area contributed by atoms with Crippen molar-refractivity contribution in [1.82, 2.24) is 20.4 Å². The number of nitrogens with zero attached hydrogens (tertiary/aromatic N) is 3. The maximum atomic E-state index is 14.6. The number of non-ortho nitro benzene ring substituents is 1. The van der Waals surface area contributed by atoms with Crippen molar-refractivity contribution in [1.29, 1.82) is 0 Å². The van der Waals surface area contributed by atoms with Gasteiger partial charge in [0, 0.05) is 50.8 Å². The molecule has 3 amide bonds. The molecular weight excluding hydrogens is 578 g/mol. The van der Waals surface area contributed by atoms with Crippen LogP contribution in [0.25, 0.3) is 0 Å². The summed E-state index contributed by atoms with van der Waals surface area (Å²) in [6.07, 6.45) is 0. The second-order valence-corrected chi connectivity index (χ2v) is 13.3. The van der Waals surface area contributed by atoms with Crippen LogP contribution in [0.1, 0.15) is 66.0 Å². The number of benzene rings is 2. The maximum Gasteiger partial charge on any atom is 0.318 e. The van der Waals surface area contributed by atoms with Gasteiger partial charge in [0.25, 0.3) is 5.69 Å². The Morgan fingerprint density at radius 1 is 1.02 bits per heavy atom. The first-order valence-corrected chi connectivity index (χ1v) is 15.9. The molecule has 0 radical (unpaired) electrons. The predicted molar refractivity (Wildman–Crippen MR) is 170 cm³/mol. The van der Waals surface area contributed by atoms with Crippen molar-refractivity contribution in [3.8, 4) is 0 Å². The molecule has 0 saturated carbocycles. The molecule has 2 fully saturated rings. The van der Waals surface area contributed by atoms with Crippen molar-refractivity contribution in [3.05, 3.63) is 97.7 Å². The summed E-state index contributed by atoms with van der Waals surface area (Å²) in [5, 5.41) is 19.8. The predicted octanol–water partition coefficient (Wildman–Crippen LogP) is 5.12. The Kier molecular flexibility index (Phi) is 9.17. The third-order valence-electron chi connectivity index (χ3n) is 8.56. The molecule has 10 nitrogen and oxygen atoms in total. The highest BCUT2D eigenvalue weighted by Gasteiger charge is 2.58. The van der Waals surface area contributed by atoms with E-state index in [1.165, 1.54) is 28.4 Å². The summed E-state index contributed by atoms with van der Waals surface area (Å²) in [6.45, 7) is 10.6. The van der Waals surface area contributed by atoms with E-state index in [2.05, 4.69) is 31.4 Å². The molecule has 5 rings (SSSR count). The normalized spacial score (nSPS) is 22.1. The Morgan fingerprint density at radius 3 is 2.32 bits per heavy atom. The van der Waals surface area contributed by atoms with E-state index in [9.17, 15) is 24.5 Å². The van der Waals surface area contributed by atoms with E-state index in [-0.39, 0.29) is 22.8 Å². The van der Waals surface area contributed by atoms with Crippen molar-refractivity contribution in [2.24, 2.45) is 5.92 Å². The number of thiophene rings is 1. The first-order valence-electron chi connectivity index (χ1n) is 15.0. The average molecular weight is 618 g/mol. The number of Topliss-reactive ketones (excluding diaryl/α,β-unsaturated/α-hetero) is 1. The van der Waals surface area contributed by atoms with Gasteiger partial charge >= 0.3 is 6.03 Å². The fourth-order valence-corrected chi connectivity index (χ4v) is 7.14. The molecule has 44 heavy (non-hydrogen) atoms. The number of carbonyl (C=O) groups excluding carboxylic acids is 3. The molecule has 2 aliphatic heterocycles. The van der Waals surface area contributed by atoms with E-state index in [1.807, 2.05) is 29.6 Å². The summed E-state index contributed by atoms with van der Waals surface area (Å²) >= 11 is 1.30. The van der Waals surface area contributed by atoms with Gasteiger partial charge < -0.3 is 20.4 Å². The minimum Gasteiger partial charge on any atom is -0.338 e. The van der Waals surface area contributed by atoms with Crippen molar-refractivity contribution < 1.29 is 19.3 Å². The van der Waals surface area contributed by atoms with Crippen LogP contribution in [-0.2, 0) is 10.2 Å². The molecule has 2 aromatic carbocycles. The van der Waals surface area contributed by atoms with Gasteiger partial charge in [-0.25, -0.2) is 4.79 Å². The molecule has 3 heterocycles. The van der Waals surface area contributed by atoms with E-state index in [0.717, 1.165) is 11.1 Å². The molecule has 1 aromatic heterocycles. The molecule has 232 valence electrons. The number of hydrogen-bond donors (Lipinski definition) is 2. The van der Waals surface area contributed by atoms with Gasteiger partial charge in [-0.3, -0.25) is 19.7 Å². The van der Waals surface area contributed by atoms with E-state index >= 15 is 0 Å². The Hall–Kier alpha value is -4.09. The molecule has 4 unspecified atom stereocenters. The number of carbonyl (C=O) groups is 3.